The van der Waals surface area contributed by atoms with Crippen LogP contribution in [0.4, 0.5) is 0 Å². The highest BCUT2D eigenvalue weighted by Gasteiger charge is 2.18. The number of hydrogen-bond acceptors (Lipinski definition) is 3. The highest BCUT2D eigenvalue weighted by Crippen LogP contribution is 2.19. The van der Waals surface area contributed by atoms with Gasteiger partial charge >= 0.3 is 0 Å². The number of aliphatic hydroxyl groups is 1. The van der Waals surface area contributed by atoms with Crippen LogP contribution < -0.4 is 5.73 Å². The van der Waals surface area contributed by atoms with Gasteiger partial charge in [-0.15, -0.1) is 0 Å². The molecule has 1 rings (SSSR count). The second-order valence-electron chi connectivity index (χ2n) is 4.04. The monoisotopic (exact) mass is 186 g/mol. The van der Waals surface area contributed by atoms with Gasteiger partial charge in [0.25, 0.3) is 0 Å². The lowest BCUT2D eigenvalue weighted by Crippen LogP contribution is -2.41. The van der Waals surface area contributed by atoms with Crippen molar-refractivity contribution >= 4 is 0 Å². The summed E-state index contributed by atoms with van der Waals surface area (Å²) < 4.78 is 0. The van der Waals surface area contributed by atoms with Crippen LogP contribution in [0.5, 0.6) is 0 Å². The van der Waals surface area contributed by atoms with E-state index >= 15 is 0 Å². The van der Waals surface area contributed by atoms with Gasteiger partial charge in [-0.05, 0) is 31.8 Å². The van der Waals surface area contributed by atoms with Crippen LogP contribution in [0.15, 0.2) is 0 Å². The zero-order valence-electron chi connectivity index (χ0n) is 8.58. The van der Waals surface area contributed by atoms with Crippen molar-refractivity contribution in [3.8, 4) is 0 Å². The van der Waals surface area contributed by atoms with Crippen molar-refractivity contribution in [3.05, 3.63) is 0 Å². The Morgan fingerprint density at radius 1 is 1.46 bits per heavy atom. The van der Waals surface area contributed by atoms with Crippen LogP contribution in [0.3, 0.4) is 0 Å². The maximum Gasteiger partial charge on any atom is 0.0789 e. The van der Waals surface area contributed by atoms with E-state index in [1.165, 1.54) is 19.3 Å². The van der Waals surface area contributed by atoms with Crippen molar-refractivity contribution in [2.75, 3.05) is 26.2 Å². The van der Waals surface area contributed by atoms with Gasteiger partial charge in [-0.25, -0.2) is 0 Å². The maximum atomic E-state index is 9.37. The van der Waals surface area contributed by atoms with Gasteiger partial charge in [0.05, 0.1) is 6.10 Å². The fraction of sp³-hybridized carbons (Fsp3) is 1.00. The van der Waals surface area contributed by atoms with Crippen LogP contribution in [0.25, 0.3) is 0 Å². The Morgan fingerprint density at radius 2 is 2.08 bits per heavy atom. The lowest BCUT2D eigenvalue weighted by atomic mass is 9.94. The molecule has 3 heteroatoms. The van der Waals surface area contributed by atoms with E-state index in [1.807, 2.05) is 0 Å². The Balaban J connectivity index is 2.17. The Bertz CT molecular complexity index is 133. The highest BCUT2D eigenvalue weighted by molar-refractivity contribution is 4.73. The molecule has 1 heterocycles. The van der Waals surface area contributed by atoms with Crippen molar-refractivity contribution in [1.82, 2.24) is 4.90 Å². The molecule has 1 aliphatic heterocycles. The molecule has 0 aromatic rings. The minimum atomic E-state index is -0.335. The van der Waals surface area contributed by atoms with Gasteiger partial charge in [0, 0.05) is 13.1 Å². The molecule has 78 valence electrons. The molecule has 0 saturated carbocycles. The van der Waals surface area contributed by atoms with E-state index in [-0.39, 0.29) is 6.10 Å². The largest absolute Gasteiger partial charge is 0.390 e. The van der Waals surface area contributed by atoms with Crippen LogP contribution in [0, 0.1) is 5.92 Å². The quantitative estimate of drug-likeness (QED) is 0.669. The number of aliphatic hydroxyl groups excluding tert-OH is 1. The summed E-state index contributed by atoms with van der Waals surface area (Å²) in [5, 5.41) is 9.37. The van der Waals surface area contributed by atoms with Gasteiger partial charge in [-0.2, -0.15) is 0 Å². The lowest BCUT2D eigenvalue weighted by molar-refractivity contribution is 0.0935. The predicted octanol–water partition coefficient (Wildman–Crippen LogP) is 0.428. The third kappa shape index (κ3) is 3.63. The summed E-state index contributed by atoms with van der Waals surface area (Å²) in [7, 11) is 0. The molecule has 3 nitrogen and oxygen atoms in total. The van der Waals surface area contributed by atoms with Gasteiger partial charge in [-0.1, -0.05) is 13.3 Å². The Labute approximate surface area is 80.9 Å². The predicted molar refractivity (Wildman–Crippen MR) is 54.5 cm³/mol. The average molecular weight is 186 g/mol. The van der Waals surface area contributed by atoms with Crippen molar-refractivity contribution in [2.24, 2.45) is 11.7 Å². The number of nitrogens with two attached hydrogens (primary N) is 1. The first kappa shape index (κ1) is 11.0. The van der Waals surface area contributed by atoms with Crippen LogP contribution in [-0.2, 0) is 0 Å². The van der Waals surface area contributed by atoms with Crippen LogP contribution in [0.2, 0.25) is 0 Å². The molecule has 1 unspecified atom stereocenters. The molecule has 3 N–H and O–H groups in total. The van der Waals surface area contributed by atoms with Crippen molar-refractivity contribution < 1.29 is 5.11 Å². The number of hydrogen-bond donors (Lipinski definition) is 2. The Morgan fingerprint density at radius 3 is 2.54 bits per heavy atom. The molecule has 0 bridgehead atoms. The zero-order valence-corrected chi connectivity index (χ0v) is 8.58. The van der Waals surface area contributed by atoms with Gasteiger partial charge in [-0.3, -0.25) is 0 Å². The first-order valence-corrected chi connectivity index (χ1v) is 5.36. The molecular formula is C10H22N2O. The molecule has 1 atom stereocenters. The summed E-state index contributed by atoms with van der Waals surface area (Å²) in [4.78, 5) is 2.32. The van der Waals surface area contributed by atoms with E-state index < -0.39 is 0 Å². The van der Waals surface area contributed by atoms with E-state index in [4.69, 9.17) is 5.73 Å². The molecule has 0 amide bonds. The Hall–Kier alpha value is -0.120. The first-order valence-electron chi connectivity index (χ1n) is 5.36. The lowest BCUT2D eigenvalue weighted by Gasteiger charge is -2.32. The van der Waals surface area contributed by atoms with Gasteiger partial charge < -0.3 is 15.7 Å². The highest BCUT2D eigenvalue weighted by atomic mass is 16.3. The molecule has 0 aliphatic carbocycles. The Kier molecular flexibility index (Phi) is 4.70. The maximum absolute atomic E-state index is 9.37. The molecule has 0 radical (unpaired) electrons. The average Bonchev–Trinajstić information content (AvgIpc) is 2.19. The second kappa shape index (κ2) is 5.58. The summed E-state index contributed by atoms with van der Waals surface area (Å²) in [6.45, 7) is 5.67. The molecule has 1 aliphatic rings. The van der Waals surface area contributed by atoms with E-state index in [0.717, 1.165) is 25.6 Å². The normalized spacial score (nSPS) is 23.3. The molecule has 13 heavy (non-hydrogen) atoms. The molecule has 1 fully saturated rings. The topological polar surface area (TPSA) is 49.5 Å². The fourth-order valence-electron chi connectivity index (χ4n) is 1.95. The fourth-order valence-corrected chi connectivity index (χ4v) is 1.95. The molecule has 0 aromatic carbocycles. The number of piperidine rings is 1. The summed E-state index contributed by atoms with van der Waals surface area (Å²) in [6, 6.07) is 0. The van der Waals surface area contributed by atoms with Crippen LogP contribution >= 0.6 is 0 Å². The van der Waals surface area contributed by atoms with Gasteiger partial charge in [0.2, 0.25) is 0 Å². The number of likely N-dealkylation sites (tertiary alicyclic amines) is 1. The molecule has 1 saturated heterocycles. The molecular weight excluding hydrogens is 164 g/mol. The van der Waals surface area contributed by atoms with Gasteiger partial charge in [0.1, 0.15) is 0 Å². The second-order valence-corrected chi connectivity index (χ2v) is 4.04. The smallest absolute Gasteiger partial charge is 0.0789 e. The van der Waals surface area contributed by atoms with Crippen molar-refractivity contribution in [2.45, 2.75) is 32.3 Å². The van der Waals surface area contributed by atoms with E-state index in [2.05, 4.69) is 11.8 Å². The number of rotatable bonds is 4. The molecule has 0 spiro atoms. The summed E-state index contributed by atoms with van der Waals surface area (Å²) in [6.07, 6.45) is 3.53. The number of β-amino-alcohol motifs (C(OH)–C–C–N with tert-alkyl or cyclic N) is 1. The van der Waals surface area contributed by atoms with Gasteiger partial charge in [0.15, 0.2) is 0 Å². The number of nitrogens with zero attached hydrogens (tertiary/aromatic N) is 1. The zero-order chi connectivity index (χ0) is 9.68. The summed E-state index contributed by atoms with van der Waals surface area (Å²) >= 11 is 0. The van der Waals surface area contributed by atoms with Crippen molar-refractivity contribution in [1.29, 1.82) is 0 Å². The molecule has 0 aromatic heterocycles. The van der Waals surface area contributed by atoms with E-state index in [0.29, 0.717) is 6.54 Å². The summed E-state index contributed by atoms with van der Waals surface area (Å²) in [5.41, 5.74) is 5.37. The van der Waals surface area contributed by atoms with Crippen LogP contribution in [0.1, 0.15) is 26.2 Å². The van der Waals surface area contributed by atoms with E-state index in [9.17, 15) is 5.11 Å². The van der Waals surface area contributed by atoms with E-state index in [1.54, 1.807) is 0 Å². The standard InChI is InChI=1S/C10H22N2O/c1-2-9-3-5-12(6-4-9)8-10(13)7-11/h9-10,13H,2-8,11H2,1H3. The first-order chi connectivity index (χ1) is 6.26. The third-order valence-electron chi connectivity index (χ3n) is 3.03. The van der Waals surface area contributed by atoms with Crippen molar-refractivity contribution in [3.63, 3.8) is 0 Å². The SMILES string of the molecule is CCC1CCN(CC(O)CN)CC1. The summed E-state index contributed by atoms with van der Waals surface area (Å²) in [5.74, 6) is 0.909. The third-order valence-corrected chi connectivity index (χ3v) is 3.03. The minimum Gasteiger partial charge on any atom is -0.390 e. The van der Waals surface area contributed by atoms with Crippen LogP contribution in [-0.4, -0.2) is 42.3 Å². The minimum absolute atomic E-state index is 0.335.